The fourth-order valence-corrected chi connectivity index (χ4v) is 6.34. The average Bonchev–Trinajstić information content (AvgIpc) is 2.73. The highest BCUT2D eigenvalue weighted by Crippen LogP contribution is 2.31. The van der Waals surface area contributed by atoms with Crippen LogP contribution in [0.5, 0.6) is 0 Å². The molecule has 6 nitrogen and oxygen atoms in total. The molecule has 4 rings (SSSR count). The molecular weight excluding hydrogens is 465 g/mol. The Morgan fingerprint density at radius 2 is 1.85 bits per heavy atom. The summed E-state index contributed by atoms with van der Waals surface area (Å²) in [6, 6.07) is 11.7. The second-order valence-electron chi connectivity index (χ2n) is 8.78. The largest absolute Gasteiger partial charge is 0.368 e. The number of hydrogen-bond acceptors (Lipinski definition) is 4. The number of piperazine rings is 1. The van der Waals surface area contributed by atoms with Crippen molar-refractivity contribution in [2.45, 2.75) is 44.5 Å². The predicted octanol–water partition coefficient (Wildman–Crippen LogP) is 4.03. The minimum absolute atomic E-state index is 0.0117. The maximum Gasteiger partial charge on any atom is 0.219 e. The standard InChI is InChI=1S/C24H29ClFN3O3S/c1-18(30)27-10-12-28(13-11-27)23-9-8-20(24(26)15-23)16-29(22-6-3-7-22)33(31,32)17-19-4-2-5-21(25)14-19/h2,4-5,8-9,14-15,22H,3,6-7,10-13,16-17H2,1H3. The van der Waals surface area contributed by atoms with E-state index in [0.29, 0.717) is 42.3 Å². The SMILES string of the molecule is CC(=O)N1CCN(c2ccc(CN(C3CCC3)S(=O)(=O)Cc3cccc(Cl)c3)c(F)c2)CC1. The van der Waals surface area contributed by atoms with E-state index in [1.165, 1.54) is 10.4 Å². The van der Waals surface area contributed by atoms with Gasteiger partial charge in [0, 0.05) is 62.0 Å². The van der Waals surface area contributed by atoms with E-state index in [-0.39, 0.29) is 24.2 Å². The van der Waals surface area contributed by atoms with Gasteiger partial charge in [-0.1, -0.05) is 36.2 Å². The minimum atomic E-state index is -3.65. The lowest BCUT2D eigenvalue weighted by Gasteiger charge is -2.37. The summed E-state index contributed by atoms with van der Waals surface area (Å²) in [5.41, 5.74) is 1.73. The van der Waals surface area contributed by atoms with Crippen LogP contribution in [-0.2, 0) is 27.1 Å². The number of nitrogens with zero attached hydrogens (tertiary/aromatic N) is 3. The van der Waals surface area contributed by atoms with E-state index in [2.05, 4.69) is 0 Å². The van der Waals surface area contributed by atoms with Crippen LogP contribution in [0.1, 0.15) is 37.3 Å². The van der Waals surface area contributed by atoms with Gasteiger partial charge in [-0.15, -0.1) is 0 Å². The number of carbonyl (C=O) groups excluding carboxylic acids is 1. The van der Waals surface area contributed by atoms with Crippen molar-refractivity contribution >= 4 is 33.2 Å². The maximum atomic E-state index is 15.1. The minimum Gasteiger partial charge on any atom is -0.368 e. The Bertz CT molecular complexity index is 1120. The number of anilines is 1. The summed E-state index contributed by atoms with van der Waals surface area (Å²) >= 11 is 6.03. The van der Waals surface area contributed by atoms with Gasteiger partial charge >= 0.3 is 0 Å². The lowest BCUT2D eigenvalue weighted by Crippen LogP contribution is -2.48. The molecule has 2 fully saturated rings. The molecule has 1 aliphatic heterocycles. The van der Waals surface area contributed by atoms with Crippen molar-refractivity contribution in [1.29, 1.82) is 0 Å². The van der Waals surface area contributed by atoms with Crippen molar-refractivity contribution < 1.29 is 17.6 Å². The van der Waals surface area contributed by atoms with E-state index in [4.69, 9.17) is 11.6 Å². The fourth-order valence-electron chi connectivity index (χ4n) is 4.36. The van der Waals surface area contributed by atoms with E-state index < -0.39 is 15.8 Å². The van der Waals surface area contributed by atoms with Gasteiger partial charge in [0.15, 0.2) is 0 Å². The first kappa shape index (κ1) is 24.0. The molecule has 0 aromatic heterocycles. The molecule has 1 amide bonds. The Kier molecular flexibility index (Phi) is 7.26. The van der Waals surface area contributed by atoms with Crippen LogP contribution in [0.2, 0.25) is 5.02 Å². The second-order valence-corrected chi connectivity index (χ2v) is 11.1. The van der Waals surface area contributed by atoms with Crippen LogP contribution in [0, 0.1) is 5.82 Å². The molecule has 2 aliphatic rings. The number of sulfonamides is 1. The summed E-state index contributed by atoms with van der Waals surface area (Å²) in [4.78, 5) is 15.4. The second kappa shape index (κ2) is 9.99. The summed E-state index contributed by atoms with van der Waals surface area (Å²) in [5, 5.41) is 0.490. The Morgan fingerprint density at radius 1 is 1.12 bits per heavy atom. The van der Waals surface area contributed by atoms with Crippen LogP contribution in [0.25, 0.3) is 0 Å². The quantitative estimate of drug-likeness (QED) is 0.584. The highest BCUT2D eigenvalue weighted by molar-refractivity contribution is 7.88. The zero-order valence-corrected chi connectivity index (χ0v) is 20.3. The van der Waals surface area contributed by atoms with Crippen LogP contribution >= 0.6 is 11.6 Å². The zero-order valence-electron chi connectivity index (χ0n) is 18.7. The van der Waals surface area contributed by atoms with Crippen molar-refractivity contribution in [2.75, 3.05) is 31.1 Å². The molecule has 2 aromatic rings. The average molecular weight is 494 g/mol. The van der Waals surface area contributed by atoms with Gasteiger partial charge in [0.2, 0.25) is 15.9 Å². The summed E-state index contributed by atoms with van der Waals surface area (Å²) < 4.78 is 43.1. The van der Waals surface area contributed by atoms with Crippen LogP contribution in [-0.4, -0.2) is 55.8 Å². The smallest absolute Gasteiger partial charge is 0.219 e. The van der Waals surface area contributed by atoms with E-state index in [1.54, 1.807) is 42.2 Å². The molecule has 0 unspecified atom stereocenters. The Morgan fingerprint density at radius 3 is 2.42 bits per heavy atom. The monoisotopic (exact) mass is 493 g/mol. The molecular formula is C24H29ClFN3O3S. The highest BCUT2D eigenvalue weighted by atomic mass is 35.5. The van der Waals surface area contributed by atoms with Gasteiger partial charge in [0.1, 0.15) is 5.82 Å². The Labute approximate surface area is 200 Å². The summed E-state index contributed by atoms with van der Waals surface area (Å²) in [7, 11) is -3.65. The van der Waals surface area contributed by atoms with Crippen LogP contribution in [0.3, 0.4) is 0 Å². The number of rotatable bonds is 7. The summed E-state index contributed by atoms with van der Waals surface area (Å²) in [6.45, 7) is 4.06. The van der Waals surface area contributed by atoms with Gasteiger partial charge in [-0.05, 0) is 42.7 Å². The topological polar surface area (TPSA) is 60.9 Å². The Hall–Kier alpha value is -2.16. The van der Waals surface area contributed by atoms with Gasteiger partial charge in [-0.3, -0.25) is 4.79 Å². The number of amides is 1. The van der Waals surface area contributed by atoms with Crippen molar-refractivity contribution in [3.05, 3.63) is 64.4 Å². The number of carbonyl (C=O) groups is 1. The van der Waals surface area contributed by atoms with Gasteiger partial charge in [-0.2, -0.15) is 4.31 Å². The molecule has 1 aliphatic carbocycles. The molecule has 33 heavy (non-hydrogen) atoms. The van der Waals surface area contributed by atoms with Gasteiger partial charge < -0.3 is 9.80 Å². The molecule has 1 heterocycles. The molecule has 0 spiro atoms. The number of halogens is 2. The molecule has 0 bridgehead atoms. The summed E-state index contributed by atoms with van der Waals surface area (Å²) in [5.74, 6) is -0.528. The van der Waals surface area contributed by atoms with Gasteiger partial charge in [0.25, 0.3) is 0 Å². The number of hydrogen-bond donors (Lipinski definition) is 0. The van der Waals surface area contributed by atoms with E-state index in [1.807, 2.05) is 11.0 Å². The predicted molar refractivity (Wildman–Crippen MR) is 128 cm³/mol. The number of benzene rings is 2. The molecule has 9 heteroatoms. The molecule has 0 N–H and O–H groups in total. The molecule has 1 saturated heterocycles. The van der Waals surface area contributed by atoms with Crippen molar-refractivity contribution in [1.82, 2.24) is 9.21 Å². The van der Waals surface area contributed by atoms with E-state index in [9.17, 15) is 13.2 Å². The maximum absolute atomic E-state index is 15.1. The lowest BCUT2D eigenvalue weighted by molar-refractivity contribution is -0.129. The third kappa shape index (κ3) is 5.67. The van der Waals surface area contributed by atoms with Crippen LogP contribution in [0.15, 0.2) is 42.5 Å². The van der Waals surface area contributed by atoms with E-state index in [0.717, 1.165) is 24.9 Å². The lowest BCUT2D eigenvalue weighted by atomic mass is 9.93. The van der Waals surface area contributed by atoms with Crippen LogP contribution < -0.4 is 4.90 Å². The molecule has 1 saturated carbocycles. The Balaban J connectivity index is 1.49. The molecule has 0 radical (unpaired) electrons. The van der Waals surface area contributed by atoms with Crippen LogP contribution in [0.4, 0.5) is 10.1 Å². The van der Waals surface area contributed by atoms with Crippen molar-refractivity contribution in [2.24, 2.45) is 0 Å². The van der Waals surface area contributed by atoms with Gasteiger partial charge in [-0.25, -0.2) is 12.8 Å². The molecule has 0 atom stereocenters. The van der Waals surface area contributed by atoms with E-state index >= 15 is 4.39 Å². The third-order valence-corrected chi connectivity index (χ3v) is 8.61. The molecule has 2 aromatic carbocycles. The summed E-state index contributed by atoms with van der Waals surface area (Å²) in [6.07, 6.45) is 2.55. The normalized spacial score (nSPS) is 17.3. The fraction of sp³-hybridized carbons (Fsp3) is 0.458. The van der Waals surface area contributed by atoms with Gasteiger partial charge in [0.05, 0.1) is 5.75 Å². The zero-order chi connectivity index (χ0) is 23.6. The van der Waals surface area contributed by atoms with Crippen molar-refractivity contribution in [3.8, 4) is 0 Å². The molecule has 178 valence electrons. The first-order chi connectivity index (χ1) is 15.7. The first-order valence-corrected chi connectivity index (χ1v) is 13.2. The first-order valence-electron chi connectivity index (χ1n) is 11.3. The van der Waals surface area contributed by atoms with Crippen molar-refractivity contribution in [3.63, 3.8) is 0 Å². The highest BCUT2D eigenvalue weighted by Gasteiger charge is 2.34. The third-order valence-electron chi connectivity index (χ3n) is 6.53.